The molecule has 4 heteroatoms. The Morgan fingerprint density at radius 3 is 2.95 bits per heavy atom. The first-order valence-corrected chi connectivity index (χ1v) is 7.65. The minimum atomic E-state index is 0.119. The summed E-state index contributed by atoms with van der Waals surface area (Å²) in [5.74, 6) is 0.702. The van der Waals surface area contributed by atoms with Gasteiger partial charge in [0.1, 0.15) is 0 Å². The summed E-state index contributed by atoms with van der Waals surface area (Å²) in [6.45, 7) is 0.763. The van der Waals surface area contributed by atoms with Gasteiger partial charge in [0.2, 0.25) is 5.91 Å². The number of benzene rings is 1. The molecule has 2 unspecified atom stereocenters. The molecule has 1 amide bonds. The number of fused-ring (bicyclic) bond motifs is 1. The molecule has 4 nitrogen and oxygen atoms in total. The summed E-state index contributed by atoms with van der Waals surface area (Å²) in [4.78, 5) is 11.4. The maximum atomic E-state index is 11.4. The number of nitrogens with one attached hydrogen (secondary N) is 2. The van der Waals surface area contributed by atoms with Crippen molar-refractivity contribution in [2.45, 2.75) is 44.6 Å². The van der Waals surface area contributed by atoms with Crippen LogP contribution in [0, 0.1) is 5.92 Å². The highest BCUT2D eigenvalue weighted by Crippen LogP contribution is 2.29. The fraction of sp³-hybridized carbons (Fsp3) is 0.562. The van der Waals surface area contributed by atoms with Gasteiger partial charge in [-0.1, -0.05) is 12.8 Å². The minimum Gasteiger partial charge on any atom is -0.382 e. The highest BCUT2D eigenvalue weighted by Gasteiger charge is 2.24. The van der Waals surface area contributed by atoms with E-state index in [0.717, 1.165) is 24.3 Å². The van der Waals surface area contributed by atoms with Crippen LogP contribution in [0.3, 0.4) is 0 Å². The van der Waals surface area contributed by atoms with Gasteiger partial charge >= 0.3 is 0 Å². The fourth-order valence-corrected chi connectivity index (χ4v) is 3.37. The molecule has 0 radical (unpaired) electrons. The first kappa shape index (κ1) is 13.4. The molecule has 0 saturated heterocycles. The van der Waals surface area contributed by atoms with Crippen molar-refractivity contribution >= 4 is 17.3 Å². The van der Waals surface area contributed by atoms with Gasteiger partial charge in [-0.15, -0.1) is 0 Å². The molecule has 1 aliphatic carbocycles. The highest BCUT2D eigenvalue weighted by molar-refractivity contribution is 5.94. The van der Waals surface area contributed by atoms with E-state index in [0.29, 0.717) is 18.4 Å². The second-order valence-electron chi connectivity index (χ2n) is 5.95. The molecule has 1 heterocycles. The zero-order valence-corrected chi connectivity index (χ0v) is 11.8. The third kappa shape index (κ3) is 2.80. The Balaban J connectivity index is 1.73. The first-order chi connectivity index (χ1) is 9.76. The maximum Gasteiger partial charge on any atom is 0.224 e. The SMILES string of the molecule is NCC1CCCCC1Nc1ccc2c(c1)CCC(=O)N2. The van der Waals surface area contributed by atoms with Crippen LogP contribution in [0.25, 0.3) is 0 Å². The first-order valence-electron chi connectivity index (χ1n) is 7.65. The van der Waals surface area contributed by atoms with Gasteiger partial charge < -0.3 is 16.4 Å². The van der Waals surface area contributed by atoms with Gasteiger partial charge in [-0.25, -0.2) is 0 Å². The quantitative estimate of drug-likeness (QED) is 0.792. The predicted octanol–water partition coefficient (Wildman–Crippen LogP) is 2.50. The van der Waals surface area contributed by atoms with Gasteiger partial charge in [0.15, 0.2) is 0 Å². The van der Waals surface area contributed by atoms with E-state index in [2.05, 4.69) is 22.8 Å². The standard InChI is InChI=1S/C16H23N3O/c17-10-12-3-1-2-4-14(12)18-13-6-7-15-11(9-13)5-8-16(20)19-15/h6-7,9,12,14,18H,1-5,8,10,17H2,(H,19,20). The average Bonchev–Trinajstić information content (AvgIpc) is 2.48. The normalized spacial score (nSPS) is 25.8. The van der Waals surface area contributed by atoms with Gasteiger partial charge in [-0.3, -0.25) is 4.79 Å². The number of aryl methyl sites for hydroxylation is 1. The molecule has 108 valence electrons. The zero-order chi connectivity index (χ0) is 13.9. The van der Waals surface area contributed by atoms with Gasteiger partial charge in [0.25, 0.3) is 0 Å². The van der Waals surface area contributed by atoms with Crippen molar-refractivity contribution in [1.82, 2.24) is 0 Å². The molecule has 0 spiro atoms. The Morgan fingerprint density at radius 1 is 1.25 bits per heavy atom. The number of hydrogen-bond acceptors (Lipinski definition) is 3. The third-order valence-electron chi connectivity index (χ3n) is 4.56. The van der Waals surface area contributed by atoms with Crippen LogP contribution in [0.2, 0.25) is 0 Å². The van der Waals surface area contributed by atoms with Crippen LogP contribution < -0.4 is 16.4 Å². The van der Waals surface area contributed by atoms with Crippen LogP contribution in [-0.4, -0.2) is 18.5 Å². The summed E-state index contributed by atoms with van der Waals surface area (Å²) in [6.07, 6.45) is 6.45. The molecule has 1 aromatic rings. The van der Waals surface area contributed by atoms with E-state index in [4.69, 9.17) is 5.73 Å². The van der Waals surface area contributed by atoms with Crippen molar-refractivity contribution in [2.24, 2.45) is 11.7 Å². The Morgan fingerprint density at radius 2 is 2.10 bits per heavy atom. The van der Waals surface area contributed by atoms with Gasteiger partial charge in [0.05, 0.1) is 0 Å². The largest absolute Gasteiger partial charge is 0.382 e. The van der Waals surface area contributed by atoms with Crippen LogP contribution in [0.4, 0.5) is 11.4 Å². The lowest BCUT2D eigenvalue weighted by Gasteiger charge is -2.32. The average molecular weight is 273 g/mol. The van der Waals surface area contributed by atoms with E-state index >= 15 is 0 Å². The number of anilines is 2. The summed E-state index contributed by atoms with van der Waals surface area (Å²) < 4.78 is 0. The van der Waals surface area contributed by atoms with Gasteiger partial charge in [0, 0.05) is 23.8 Å². The second-order valence-corrected chi connectivity index (χ2v) is 5.95. The summed E-state index contributed by atoms with van der Waals surface area (Å²) >= 11 is 0. The van der Waals surface area contributed by atoms with E-state index < -0.39 is 0 Å². The van der Waals surface area contributed by atoms with Crippen molar-refractivity contribution in [3.8, 4) is 0 Å². The van der Waals surface area contributed by atoms with Crippen molar-refractivity contribution in [2.75, 3.05) is 17.2 Å². The molecule has 1 fully saturated rings. The highest BCUT2D eigenvalue weighted by atomic mass is 16.1. The topological polar surface area (TPSA) is 67.1 Å². The van der Waals surface area contributed by atoms with E-state index in [9.17, 15) is 4.79 Å². The molecule has 1 saturated carbocycles. The van der Waals surface area contributed by atoms with E-state index in [-0.39, 0.29) is 5.91 Å². The fourth-order valence-electron chi connectivity index (χ4n) is 3.37. The van der Waals surface area contributed by atoms with Crippen molar-refractivity contribution in [3.05, 3.63) is 23.8 Å². The molecule has 2 aliphatic rings. The van der Waals surface area contributed by atoms with Crippen molar-refractivity contribution in [1.29, 1.82) is 0 Å². The van der Waals surface area contributed by atoms with E-state index in [1.54, 1.807) is 0 Å². The van der Waals surface area contributed by atoms with Crippen LogP contribution in [-0.2, 0) is 11.2 Å². The molecule has 4 N–H and O–H groups in total. The lowest BCUT2D eigenvalue weighted by molar-refractivity contribution is -0.116. The monoisotopic (exact) mass is 273 g/mol. The van der Waals surface area contributed by atoms with Gasteiger partial charge in [-0.2, -0.15) is 0 Å². The van der Waals surface area contributed by atoms with E-state index in [1.807, 2.05) is 6.07 Å². The number of nitrogens with two attached hydrogens (primary N) is 1. The Hall–Kier alpha value is -1.55. The van der Waals surface area contributed by atoms with Crippen LogP contribution in [0.5, 0.6) is 0 Å². The molecule has 2 atom stereocenters. The summed E-state index contributed by atoms with van der Waals surface area (Å²) in [5, 5.41) is 6.57. The van der Waals surface area contributed by atoms with Crippen LogP contribution in [0.1, 0.15) is 37.7 Å². The summed E-state index contributed by atoms with van der Waals surface area (Å²) in [7, 11) is 0. The lowest BCUT2D eigenvalue weighted by atomic mass is 9.84. The number of rotatable bonds is 3. The number of carbonyl (C=O) groups excluding carboxylic acids is 1. The molecular weight excluding hydrogens is 250 g/mol. The van der Waals surface area contributed by atoms with Gasteiger partial charge in [-0.05, 0) is 55.5 Å². The molecule has 1 aliphatic heterocycles. The van der Waals surface area contributed by atoms with E-state index in [1.165, 1.54) is 31.2 Å². The molecule has 0 aromatic heterocycles. The third-order valence-corrected chi connectivity index (χ3v) is 4.56. The molecule has 0 bridgehead atoms. The molecule has 1 aromatic carbocycles. The predicted molar refractivity (Wildman–Crippen MR) is 81.8 cm³/mol. The molecule has 20 heavy (non-hydrogen) atoms. The number of carbonyl (C=O) groups is 1. The number of hydrogen-bond donors (Lipinski definition) is 3. The Bertz CT molecular complexity index is 500. The smallest absolute Gasteiger partial charge is 0.224 e. The maximum absolute atomic E-state index is 11.4. The lowest BCUT2D eigenvalue weighted by Crippen LogP contribution is -2.36. The van der Waals surface area contributed by atoms with Crippen molar-refractivity contribution < 1.29 is 4.79 Å². The Labute approximate surface area is 120 Å². The van der Waals surface area contributed by atoms with Crippen LogP contribution >= 0.6 is 0 Å². The second kappa shape index (κ2) is 5.83. The Kier molecular flexibility index (Phi) is 3.92. The molecule has 3 rings (SSSR count). The summed E-state index contributed by atoms with van der Waals surface area (Å²) in [6, 6.07) is 6.74. The molecular formula is C16H23N3O. The minimum absolute atomic E-state index is 0.119. The number of amides is 1. The van der Waals surface area contributed by atoms with Crippen molar-refractivity contribution in [3.63, 3.8) is 0 Å². The zero-order valence-electron chi connectivity index (χ0n) is 11.8. The van der Waals surface area contributed by atoms with Crippen LogP contribution in [0.15, 0.2) is 18.2 Å². The summed E-state index contributed by atoms with van der Waals surface area (Å²) in [5.41, 5.74) is 9.24.